The maximum atomic E-state index is 12.0. The average Bonchev–Trinajstić information content (AvgIpc) is 2.21. The van der Waals surface area contributed by atoms with Gasteiger partial charge < -0.3 is 5.73 Å². The second-order valence-electron chi connectivity index (χ2n) is 3.30. The van der Waals surface area contributed by atoms with Crippen molar-refractivity contribution in [2.45, 2.75) is 18.6 Å². The molecule has 0 aliphatic carbocycles. The van der Waals surface area contributed by atoms with Crippen LogP contribution in [0.1, 0.15) is 13.3 Å². The van der Waals surface area contributed by atoms with Crippen molar-refractivity contribution >= 4 is 48.8 Å². The van der Waals surface area contributed by atoms with E-state index in [0.29, 0.717) is 16.6 Å². The molecule has 1 aromatic rings. The van der Waals surface area contributed by atoms with E-state index in [-0.39, 0.29) is 4.99 Å². The van der Waals surface area contributed by atoms with Gasteiger partial charge in [-0.3, -0.25) is 9.71 Å². The molecular formula is C9H12BrN3O2S2. The first-order chi connectivity index (χ1) is 7.88. The number of halogens is 1. The van der Waals surface area contributed by atoms with Crippen molar-refractivity contribution < 1.29 is 8.42 Å². The van der Waals surface area contributed by atoms with Crippen LogP contribution < -0.4 is 10.5 Å². The molecule has 0 aliphatic rings. The summed E-state index contributed by atoms with van der Waals surface area (Å²) < 4.78 is 27.0. The third-order valence-electron chi connectivity index (χ3n) is 2.09. The Bertz CT molecular complexity index is 519. The van der Waals surface area contributed by atoms with Gasteiger partial charge in [-0.15, -0.1) is 0 Å². The molecule has 0 saturated heterocycles. The molecule has 0 spiro atoms. The number of pyridine rings is 1. The predicted molar refractivity (Wildman–Crippen MR) is 75.3 cm³/mol. The molecule has 5 nitrogen and oxygen atoms in total. The van der Waals surface area contributed by atoms with Gasteiger partial charge in [-0.25, -0.2) is 8.42 Å². The van der Waals surface area contributed by atoms with Crippen LogP contribution in [0.2, 0.25) is 0 Å². The highest BCUT2D eigenvalue weighted by atomic mass is 79.9. The smallest absolute Gasteiger partial charge is 0.242 e. The summed E-state index contributed by atoms with van der Waals surface area (Å²) in [6.45, 7) is 1.71. The van der Waals surface area contributed by atoms with Crippen molar-refractivity contribution in [3.63, 3.8) is 0 Å². The molecule has 17 heavy (non-hydrogen) atoms. The Balaban J connectivity index is 3.02. The molecule has 3 N–H and O–H groups in total. The number of thiocarbonyl (C=S) groups is 1. The topological polar surface area (TPSA) is 85.1 Å². The van der Waals surface area contributed by atoms with Crippen LogP contribution in [0.15, 0.2) is 22.9 Å². The maximum Gasteiger partial charge on any atom is 0.242 e. The van der Waals surface area contributed by atoms with Gasteiger partial charge in [-0.2, -0.15) is 0 Å². The number of hydrogen-bond acceptors (Lipinski definition) is 4. The summed E-state index contributed by atoms with van der Waals surface area (Å²) in [5.74, 6) is 0. The lowest BCUT2D eigenvalue weighted by molar-refractivity contribution is 0.594. The van der Waals surface area contributed by atoms with Gasteiger partial charge in [-0.1, -0.05) is 19.1 Å². The summed E-state index contributed by atoms with van der Waals surface area (Å²) in [5.41, 5.74) is 5.83. The van der Waals surface area contributed by atoms with E-state index in [0.717, 1.165) is 0 Å². The van der Waals surface area contributed by atoms with Crippen molar-refractivity contribution in [1.29, 1.82) is 0 Å². The van der Waals surface area contributed by atoms with E-state index in [1.54, 1.807) is 13.0 Å². The average molecular weight is 338 g/mol. The quantitative estimate of drug-likeness (QED) is 0.798. The Hall–Kier alpha value is -0.730. The molecule has 0 bridgehead atoms. The fraction of sp³-hybridized carbons (Fsp3) is 0.333. The summed E-state index contributed by atoms with van der Waals surface area (Å²) >= 11 is 7.95. The number of anilines is 1. The summed E-state index contributed by atoms with van der Waals surface area (Å²) in [6.07, 6.45) is 3.32. The van der Waals surface area contributed by atoms with Crippen LogP contribution in [-0.2, 0) is 10.0 Å². The number of nitrogens with zero attached hydrogens (tertiary/aromatic N) is 1. The molecule has 8 heteroatoms. The molecule has 1 unspecified atom stereocenters. The van der Waals surface area contributed by atoms with Crippen molar-refractivity contribution in [2.24, 2.45) is 5.73 Å². The van der Waals surface area contributed by atoms with Crippen LogP contribution in [0.25, 0.3) is 0 Å². The molecule has 94 valence electrons. The van der Waals surface area contributed by atoms with Crippen LogP contribution in [-0.4, -0.2) is 23.6 Å². The fourth-order valence-electron chi connectivity index (χ4n) is 1.26. The van der Waals surface area contributed by atoms with Gasteiger partial charge in [0.05, 0.1) is 15.1 Å². The van der Waals surface area contributed by atoms with E-state index < -0.39 is 15.3 Å². The van der Waals surface area contributed by atoms with E-state index in [2.05, 4.69) is 25.6 Å². The number of nitrogens with two attached hydrogens (primary N) is 1. The van der Waals surface area contributed by atoms with E-state index in [4.69, 9.17) is 18.0 Å². The lowest BCUT2D eigenvalue weighted by atomic mass is 10.3. The van der Waals surface area contributed by atoms with Gasteiger partial charge in [0.15, 0.2) is 0 Å². The van der Waals surface area contributed by atoms with E-state index in [9.17, 15) is 8.42 Å². The minimum Gasteiger partial charge on any atom is -0.392 e. The highest BCUT2D eigenvalue weighted by Crippen LogP contribution is 2.22. The molecule has 0 saturated carbocycles. The molecule has 1 rings (SSSR count). The molecule has 0 aliphatic heterocycles. The predicted octanol–water partition coefficient (Wildman–Crippen LogP) is 1.65. The van der Waals surface area contributed by atoms with Gasteiger partial charge in [0, 0.05) is 12.4 Å². The number of sulfonamides is 1. The van der Waals surface area contributed by atoms with Gasteiger partial charge in [0.25, 0.3) is 0 Å². The lowest BCUT2D eigenvalue weighted by Crippen LogP contribution is -2.37. The normalized spacial score (nSPS) is 13.1. The summed E-state index contributed by atoms with van der Waals surface area (Å²) in [6, 6.07) is 1.55. The Morgan fingerprint density at radius 1 is 1.71 bits per heavy atom. The SMILES string of the molecule is CCC(C(N)=S)S(=O)(=O)Nc1ccncc1Br. The third-order valence-corrected chi connectivity index (χ3v) is 4.99. The third kappa shape index (κ3) is 3.62. The van der Waals surface area contributed by atoms with Crippen molar-refractivity contribution in [1.82, 2.24) is 4.98 Å². The van der Waals surface area contributed by atoms with Gasteiger partial charge in [-0.05, 0) is 28.4 Å². The Morgan fingerprint density at radius 2 is 2.35 bits per heavy atom. The van der Waals surface area contributed by atoms with Crippen LogP contribution in [0.4, 0.5) is 5.69 Å². The fourth-order valence-corrected chi connectivity index (χ4v) is 3.65. The molecular weight excluding hydrogens is 326 g/mol. The summed E-state index contributed by atoms with van der Waals surface area (Å²) in [5, 5.41) is -0.877. The first-order valence-electron chi connectivity index (χ1n) is 4.79. The van der Waals surface area contributed by atoms with E-state index in [1.165, 1.54) is 12.4 Å². The molecule has 1 heterocycles. The van der Waals surface area contributed by atoms with Crippen molar-refractivity contribution in [2.75, 3.05) is 4.72 Å². The molecule has 1 aromatic heterocycles. The number of aromatic nitrogens is 1. The minimum absolute atomic E-state index is 0.0369. The molecule has 0 fully saturated rings. The Labute approximate surface area is 114 Å². The van der Waals surface area contributed by atoms with Crippen molar-refractivity contribution in [3.05, 3.63) is 22.9 Å². The first-order valence-corrected chi connectivity index (χ1v) is 7.53. The van der Waals surface area contributed by atoms with Gasteiger partial charge in [0.2, 0.25) is 10.0 Å². The van der Waals surface area contributed by atoms with Crippen LogP contribution >= 0.6 is 28.1 Å². The highest BCUT2D eigenvalue weighted by molar-refractivity contribution is 9.10. The van der Waals surface area contributed by atoms with Gasteiger partial charge >= 0.3 is 0 Å². The second-order valence-corrected chi connectivity index (χ2v) is 6.49. The van der Waals surface area contributed by atoms with Crippen LogP contribution in [0, 0.1) is 0 Å². The number of hydrogen-bond donors (Lipinski definition) is 2. The van der Waals surface area contributed by atoms with Crippen LogP contribution in [0.3, 0.4) is 0 Å². The first kappa shape index (κ1) is 14.3. The monoisotopic (exact) mass is 337 g/mol. The second kappa shape index (κ2) is 5.74. The van der Waals surface area contributed by atoms with Gasteiger partial charge in [0.1, 0.15) is 5.25 Å². The zero-order chi connectivity index (χ0) is 13.1. The molecule has 0 amide bonds. The summed E-state index contributed by atoms with van der Waals surface area (Å²) in [4.78, 5) is 3.81. The Kier molecular flexibility index (Phi) is 4.84. The highest BCUT2D eigenvalue weighted by Gasteiger charge is 2.26. The summed E-state index contributed by atoms with van der Waals surface area (Å²) in [7, 11) is -3.62. The van der Waals surface area contributed by atoms with Crippen LogP contribution in [0.5, 0.6) is 0 Å². The van der Waals surface area contributed by atoms with Crippen molar-refractivity contribution in [3.8, 4) is 0 Å². The van der Waals surface area contributed by atoms with E-state index in [1.807, 2.05) is 0 Å². The molecule has 0 radical (unpaired) electrons. The largest absolute Gasteiger partial charge is 0.392 e. The molecule has 0 aromatic carbocycles. The molecule has 1 atom stereocenters. The number of nitrogens with one attached hydrogen (secondary N) is 1. The standard InChI is InChI=1S/C9H12BrN3O2S2/c1-2-8(9(11)16)17(14,15)13-7-3-4-12-5-6(7)10/h3-5,8H,2H2,1H3,(H2,11,16)(H,12,13). The zero-order valence-corrected chi connectivity index (χ0v) is 12.3. The zero-order valence-electron chi connectivity index (χ0n) is 9.05. The van der Waals surface area contributed by atoms with E-state index >= 15 is 0 Å². The number of rotatable bonds is 5. The Morgan fingerprint density at radius 3 is 2.82 bits per heavy atom. The maximum absolute atomic E-state index is 12.0. The minimum atomic E-state index is -3.62. The lowest BCUT2D eigenvalue weighted by Gasteiger charge is -2.16.